The van der Waals surface area contributed by atoms with Gasteiger partial charge in [0.15, 0.2) is 0 Å². The molecular formula is C18H30N3O3+. The Balaban J connectivity index is 1.85. The summed E-state index contributed by atoms with van der Waals surface area (Å²) in [7, 11) is 0. The van der Waals surface area contributed by atoms with Crippen molar-refractivity contribution in [3.05, 3.63) is 24.2 Å². The summed E-state index contributed by atoms with van der Waals surface area (Å²) >= 11 is 0. The second kappa shape index (κ2) is 9.47. The van der Waals surface area contributed by atoms with Gasteiger partial charge < -0.3 is 19.1 Å². The first-order valence-electron chi connectivity index (χ1n) is 9.08. The van der Waals surface area contributed by atoms with Crippen molar-refractivity contribution in [3.63, 3.8) is 0 Å². The minimum absolute atomic E-state index is 0.0507. The molecular weight excluding hydrogens is 306 g/mol. The normalized spacial score (nSPS) is 15.5. The Kier molecular flexibility index (Phi) is 7.31. The highest BCUT2D eigenvalue weighted by atomic mass is 16.3. The first kappa shape index (κ1) is 18.5. The molecule has 2 rings (SSSR count). The fourth-order valence-corrected chi connectivity index (χ4v) is 3.05. The van der Waals surface area contributed by atoms with Gasteiger partial charge in [-0.25, -0.2) is 0 Å². The molecule has 0 spiro atoms. The van der Waals surface area contributed by atoms with E-state index in [0.29, 0.717) is 25.1 Å². The zero-order valence-corrected chi connectivity index (χ0v) is 14.9. The summed E-state index contributed by atoms with van der Waals surface area (Å²) < 4.78 is 5.01. The third-order valence-corrected chi connectivity index (χ3v) is 4.76. The average Bonchev–Trinajstić information content (AvgIpc) is 3.16. The summed E-state index contributed by atoms with van der Waals surface area (Å²) in [6.45, 7) is 10.3. The van der Waals surface area contributed by atoms with Gasteiger partial charge in [0.1, 0.15) is 6.26 Å². The van der Waals surface area contributed by atoms with E-state index in [-0.39, 0.29) is 11.8 Å². The Bertz CT molecular complexity index is 508. The predicted octanol–water partition coefficient (Wildman–Crippen LogP) is 0.659. The van der Waals surface area contributed by atoms with Gasteiger partial charge in [0, 0.05) is 19.5 Å². The van der Waals surface area contributed by atoms with E-state index in [9.17, 15) is 9.59 Å². The number of nitrogens with zero attached hydrogens (tertiary/aromatic N) is 2. The summed E-state index contributed by atoms with van der Waals surface area (Å²) in [6, 6.07) is 1.68. The molecule has 1 fully saturated rings. The maximum atomic E-state index is 12.5. The molecule has 1 aromatic heterocycles. The van der Waals surface area contributed by atoms with Crippen molar-refractivity contribution < 1.29 is 18.9 Å². The zero-order valence-electron chi connectivity index (χ0n) is 14.9. The van der Waals surface area contributed by atoms with E-state index in [1.54, 1.807) is 15.9 Å². The number of piperazine rings is 1. The van der Waals surface area contributed by atoms with Crippen molar-refractivity contribution in [2.45, 2.75) is 33.1 Å². The molecule has 6 nitrogen and oxygen atoms in total. The number of hydrogen-bond acceptors (Lipinski definition) is 3. The minimum Gasteiger partial charge on any atom is -0.472 e. The summed E-state index contributed by atoms with van der Waals surface area (Å²) in [5.41, 5.74) is 0.554. The molecule has 1 N–H and O–H groups in total. The molecule has 0 radical (unpaired) electrons. The van der Waals surface area contributed by atoms with Crippen LogP contribution in [-0.2, 0) is 4.79 Å². The topological polar surface area (TPSA) is 58.2 Å². The van der Waals surface area contributed by atoms with Gasteiger partial charge >= 0.3 is 0 Å². The zero-order chi connectivity index (χ0) is 17.4. The number of rotatable bonds is 8. The summed E-state index contributed by atoms with van der Waals surface area (Å²) in [4.78, 5) is 30.2. The third kappa shape index (κ3) is 5.09. The van der Waals surface area contributed by atoms with Gasteiger partial charge in [-0.1, -0.05) is 13.3 Å². The average molecular weight is 336 g/mol. The number of likely N-dealkylation sites (N-methyl/N-ethyl adjacent to an activating group) is 1. The van der Waals surface area contributed by atoms with Gasteiger partial charge in [0.05, 0.1) is 44.6 Å². The molecule has 6 heteroatoms. The van der Waals surface area contributed by atoms with E-state index in [2.05, 4.69) is 13.8 Å². The van der Waals surface area contributed by atoms with Crippen LogP contribution in [0, 0.1) is 0 Å². The minimum atomic E-state index is -0.0507. The fourth-order valence-electron chi connectivity index (χ4n) is 3.05. The third-order valence-electron chi connectivity index (χ3n) is 4.76. The van der Waals surface area contributed by atoms with Crippen LogP contribution in [0.1, 0.15) is 43.5 Å². The molecule has 0 saturated carbocycles. The van der Waals surface area contributed by atoms with Crippen molar-refractivity contribution in [2.75, 3.05) is 45.8 Å². The lowest BCUT2D eigenvalue weighted by atomic mass is 10.2. The second-order valence-electron chi connectivity index (χ2n) is 6.39. The van der Waals surface area contributed by atoms with Crippen LogP contribution in [-0.4, -0.2) is 67.4 Å². The number of nitrogens with one attached hydrogen (secondary N) is 1. The Morgan fingerprint density at radius 1 is 1.25 bits per heavy atom. The van der Waals surface area contributed by atoms with Crippen molar-refractivity contribution in [1.29, 1.82) is 0 Å². The van der Waals surface area contributed by atoms with E-state index >= 15 is 0 Å². The van der Waals surface area contributed by atoms with Gasteiger partial charge in [0.2, 0.25) is 5.91 Å². The SMILES string of the molecule is CCCCN(CCC(=O)N1CC[NH+](CC)CC1)C(=O)c1ccoc1. The maximum Gasteiger partial charge on any atom is 0.257 e. The molecule has 1 aliphatic rings. The van der Waals surface area contributed by atoms with Crippen LogP contribution in [0.3, 0.4) is 0 Å². The molecule has 0 bridgehead atoms. The fraction of sp³-hybridized carbons (Fsp3) is 0.667. The molecule has 0 atom stereocenters. The molecule has 0 aromatic carbocycles. The predicted molar refractivity (Wildman–Crippen MR) is 92.0 cm³/mol. The van der Waals surface area contributed by atoms with Crippen LogP contribution in [0.5, 0.6) is 0 Å². The highest BCUT2D eigenvalue weighted by Gasteiger charge is 2.24. The largest absolute Gasteiger partial charge is 0.472 e. The maximum absolute atomic E-state index is 12.5. The van der Waals surface area contributed by atoms with Crippen LogP contribution in [0.4, 0.5) is 0 Å². The number of carbonyl (C=O) groups excluding carboxylic acids is 2. The highest BCUT2D eigenvalue weighted by Crippen LogP contribution is 2.09. The molecule has 1 aromatic rings. The Morgan fingerprint density at radius 3 is 2.58 bits per heavy atom. The lowest BCUT2D eigenvalue weighted by molar-refractivity contribution is -0.902. The molecule has 1 aliphatic heterocycles. The van der Waals surface area contributed by atoms with E-state index in [1.165, 1.54) is 12.5 Å². The lowest BCUT2D eigenvalue weighted by Crippen LogP contribution is -3.14. The number of unbranched alkanes of at least 4 members (excludes halogenated alkanes) is 1. The number of carbonyl (C=O) groups is 2. The number of hydrogen-bond donors (Lipinski definition) is 1. The molecule has 134 valence electrons. The quantitative estimate of drug-likeness (QED) is 0.759. The highest BCUT2D eigenvalue weighted by molar-refractivity contribution is 5.94. The number of furan rings is 1. The van der Waals surface area contributed by atoms with Crippen LogP contribution in [0.15, 0.2) is 23.0 Å². The van der Waals surface area contributed by atoms with E-state index in [0.717, 1.165) is 45.6 Å². The van der Waals surface area contributed by atoms with Crippen molar-refractivity contribution in [1.82, 2.24) is 9.80 Å². The van der Waals surface area contributed by atoms with Crippen LogP contribution < -0.4 is 4.90 Å². The number of amides is 2. The first-order chi connectivity index (χ1) is 11.7. The van der Waals surface area contributed by atoms with Crippen LogP contribution >= 0.6 is 0 Å². The van der Waals surface area contributed by atoms with E-state index in [1.807, 2.05) is 4.90 Å². The second-order valence-corrected chi connectivity index (χ2v) is 6.39. The van der Waals surface area contributed by atoms with Gasteiger partial charge in [-0.2, -0.15) is 0 Å². The van der Waals surface area contributed by atoms with Crippen LogP contribution in [0.25, 0.3) is 0 Å². The summed E-state index contributed by atoms with van der Waals surface area (Å²) in [5.74, 6) is 0.108. The van der Waals surface area contributed by atoms with Crippen molar-refractivity contribution in [2.24, 2.45) is 0 Å². The molecule has 0 unspecified atom stereocenters. The molecule has 2 heterocycles. The van der Waals surface area contributed by atoms with E-state index in [4.69, 9.17) is 4.42 Å². The lowest BCUT2D eigenvalue weighted by Gasteiger charge is -2.32. The van der Waals surface area contributed by atoms with Crippen molar-refractivity contribution in [3.8, 4) is 0 Å². The van der Waals surface area contributed by atoms with Gasteiger partial charge in [-0.3, -0.25) is 9.59 Å². The van der Waals surface area contributed by atoms with E-state index < -0.39 is 0 Å². The molecule has 24 heavy (non-hydrogen) atoms. The Morgan fingerprint density at radius 2 is 2.00 bits per heavy atom. The molecule has 2 amide bonds. The molecule has 1 saturated heterocycles. The Hall–Kier alpha value is -1.82. The first-order valence-corrected chi connectivity index (χ1v) is 9.08. The van der Waals surface area contributed by atoms with Gasteiger partial charge in [0.25, 0.3) is 5.91 Å². The van der Waals surface area contributed by atoms with Crippen LogP contribution in [0.2, 0.25) is 0 Å². The van der Waals surface area contributed by atoms with Gasteiger partial charge in [-0.05, 0) is 19.4 Å². The standard InChI is InChI=1S/C18H29N3O3/c1-3-5-8-21(18(23)16-7-14-24-15-16)9-6-17(22)20-12-10-19(4-2)11-13-20/h7,14-15H,3-6,8-13H2,1-2H3/p+1. The molecule has 0 aliphatic carbocycles. The smallest absolute Gasteiger partial charge is 0.257 e. The summed E-state index contributed by atoms with van der Waals surface area (Å²) in [5, 5.41) is 0. The van der Waals surface area contributed by atoms with Crippen molar-refractivity contribution >= 4 is 11.8 Å². The Labute approximate surface area is 144 Å². The van der Waals surface area contributed by atoms with Gasteiger partial charge in [-0.15, -0.1) is 0 Å². The monoisotopic (exact) mass is 336 g/mol. The number of quaternary nitrogens is 1. The summed E-state index contributed by atoms with van der Waals surface area (Å²) in [6.07, 6.45) is 5.33.